The van der Waals surface area contributed by atoms with E-state index in [1.54, 1.807) is 76.6 Å². The molecule has 0 saturated heterocycles. The van der Waals surface area contributed by atoms with E-state index in [4.69, 9.17) is 26.3 Å². The Balaban J connectivity index is 1.83. The second-order valence-electron chi connectivity index (χ2n) is 10.2. The smallest absolute Gasteiger partial charge is 0.415 e. The van der Waals surface area contributed by atoms with Gasteiger partial charge in [-0.3, -0.25) is 4.90 Å². The van der Waals surface area contributed by atoms with Crippen LogP contribution in [0, 0.1) is 22.7 Å². The number of hydrogen-bond acceptors (Lipinski definition) is 8. The molecule has 42 heavy (non-hydrogen) atoms. The molecule has 2 heterocycles. The van der Waals surface area contributed by atoms with Gasteiger partial charge in [0.25, 0.3) is 0 Å². The number of imidazole rings is 1. The summed E-state index contributed by atoms with van der Waals surface area (Å²) < 4.78 is 12.9. The number of aromatic nitrogens is 2. The molecule has 9 nitrogen and oxygen atoms in total. The van der Waals surface area contributed by atoms with Crippen molar-refractivity contribution in [3.63, 3.8) is 0 Å². The number of benzene rings is 2. The van der Waals surface area contributed by atoms with E-state index in [2.05, 4.69) is 17.1 Å². The van der Waals surface area contributed by atoms with E-state index < -0.39 is 17.7 Å². The largest absolute Gasteiger partial charge is 0.462 e. The molecular formula is C31H28ClN5O4S. The van der Waals surface area contributed by atoms with Crippen LogP contribution in [0.25, 0.3) is 11.1 Å². The maximum absolute atomic E-state index is 13.7. The zero-order valence-corrected chi connectivity index (χ0v) is 25.1. The van der Waals surface area contributed by atoms with Gasteiger partial charge in [0.1, 0.15) is 21.5 Å². The minimum absolute atomic E-state index is 0.00269. The fraction of sp³-hybridized carbons (Fsp3) is 0.258. The Labute approximate surface area is 253 Å². The van der Waals surface area contributed by atoms with Gasteiger partial charge in [0.2, 0.25) is 0 Å². The van der Waals surface area contributed by atoms with Crippen LogP contribution >= 0.6 is 22.9 Å². The standard InChI is InChI=1S/C31H28ClN5O4S/c1-5-40-29(38)27-26(22-10-12-23(32)13-11-22)25(15-34)28(42-27)37(30(39)41-31(2,3)4)18-24-16-35-19-36(24)17-21-8-6-20(14-33)7-9-21/h6-13,16,19H,5,17-18H2,1-4H3. The van der Waals surface area contributed by atoms with Crippen molar-refractivity contribution in [1.82, 2.24) is 9.55 Å². The Kier molecular flexibility index (Phi) is 9.31. The molecule has 0 aliphatic carbocycles. The molecule has 0 saturated carbocycles. The first-order chi connectivity index (χ1) is 20.0. The minimum atomic E-state index is -0.828. The Morgan fingerprint density at radius 3 is 2.36 bits per heavy atom. The van der Waals surface area contributed by atoms with Crippen molar-refractivity contribution in [1.29, 1.82) is 10.5 Å². The fourth-order valence-corrected chi connectivity index (χ4v) is 5.43. The molecule has 4 aromatic rings. The van der Waals surface area contributed by atoms with Crippen LogP contribution in [0.4, 0.5) is 9.80 Å². The van der Waals surface area contributed by atoms with Gasteiger partial charge in [-0.05, 0) is 63.1 Å². The second-order valence-corrected chi connectivity index (χ2v) is 11.6. The summed E-state index contributed by atoms with van der Waals surface area (Å²) in [5, 5.41) is 20.2. The van der Waals surface area contributed by atoms with Gasteiger partial charge in [0.15, 0.2) is 0 Å². The molecule has 11 heteroatoms. The van der Waals surface area contributed by atoms with Crippen molar-refractivity contribution in [2.75, 3.05) is 11.5 Å². The molecular weight excluding hydrogens is 574 g/mol. The van der Waals surface area contributed by atoms with Gasteiger partial charge in [-0.15, -0.1) is 11.3 Å². The Morgan fingerprint density at radius 1 is 1.07 bits per heavy atom. The number of ether oxygens (including phenoxy) is 2. The summed E-state index contributed by atoms with van der Waals surface area (Å²) in [4.78, 5) is 32.6. The minimum Gasteiger partial charge on any atom is -0.462 e. The van der Waals surface area contributed by atoms with Gasteiger partial charge in [-0.1, -0.05) is 35.9 Å². The molecule has 0 radical (unpaired) electrons. The Bertz CT molecular complexity index is 1670. The van der Waals surface area contributed by atoms with Crippen molar-refractivity contribution >= 4 is 40.0 Å². The van der Waals surface area contributed by atoms with E-state index in [-0.39, 0.29) is 28.6 Å². The van der Waals surface area contributed by atoms with Crippen molar-refractivity contribution < 1.29 is 19.1 Å². The maximum atomic E-state index is 13.7. The van der Waals surface area contributed by atoms with Crippen LogP contribution < -0.4 is 4.90 Å². The monoisotopic (exact) mass is 601 g/mol. The molecule has 1 amide bonds. The lowest BCUT2D eigenvalue weighted by molar-refractivity contribution is 0.0530. The molecule has 2 aromatic carbocycles. The van der Waals surface area contributed by atoms with Gasteiger partial charge in [0, 0.05) is 23.3 Å². The van der Waals surface area contributed by atoms with Crippen LogP contribution in [0.1, 0.15) is 59.8 Å². The summed E-state index contributed by atoms with van der Waals surface area (Å²) in [5.74, 6) is -0.606. The Hall–Kier alpha value is -4.64. The van der Waals surface area contributed by atoms with Crippen LogP contribution in [0.15, 0.2) is 61.1 Å². The molecule has 0 aliphatic heterocycles. The Morgan fingerprint density at radius 2 is 1.76 bits per heavy atom. The third-order valence-corrected chi connectivity index (χ3v) is 7.45. The van der Waals surface area contributed by atoms with Crippen molar-refractivity contribution in [2.24, 2.45) is 0 Å². The van der Waals surface area contributed by atoms with E-state index in [0.29, 0.717) is 34.0 Å². The molecule has 2 aromatic heterocycles. The molecule has 0 bridgehead atoms. The average Bonchev–Trinajstić information content (AvgIpc) is 3.55. The molecule has 214 valence electrons. The lowest BCUT2D eigenvalue weighted by Crippen LogP contribution is -2.37. The van der Waals surface area contributed by atoms with Crippen molar-refractivity contribution in [3.8, 4) is 23.3 Å². The highest BCUT2D eigenvalue weighted by atomic mass is 35.5. The molecule has 4 rings (SSSR count). The first-order valence-corrected chi connectivity index (χ1v) is 14.2. The molecule has 0 atom stereocenters. The quantitative estimate of drug-likeness (QED) is 0.196. The lowest BCUT2D eigenvalue weighted by Gasteiger charge is -2.27. The van der Waals surface area contributed by atoms with Crippen LogP contribution in [0.3, 0.4) is 0 Å². The van der Waals surface area contributed by atoms with Crippen LogP contribution in [-0.4, -0.2) is 33.8 Å². The van der Waals surface area contributed by atoms with Gasteiger partial charge >= 0.3 is 12.1 Å². The van der Waals surface area contributed by atoms with E-state index in [9.17, 15) is 14.9 Å². The molecule has 0 unspecified atom stereocenters. The van der Waals surface area contributed by atoms with Crippen molar-refractivity contribution in [3.05, 3.63) is 93.3 Å². The first kappa shape index (κ1) is 30.3. The number of anilines is 1. The number of nitriles is 2. The number of halogens is 1. The SMILES string of the molecule is CCOC(=O)c1sc(N(Cc2cncn2Cc2ccc(C#N)cc2)C(=O)OC(C)(C)C)c(C#N)c1-c1ccc(Cl)cc1. The first-order valence-electron chi connectivity index (χ1n) is 13.0. The summed E-state index contributed by atoms with van der Waals surface area (Å²) in [6.45, 7) is 7.52. The van der Waals surface area contributed by atoms with Gasteiger partial charge in [-0.2, -0.15) is 10.5 Å². The normalized spacial score (nSPS) is 10.9. The summed E-state index contributed by atoms with van der Waals surface area (Å²) in [5.41, 5.74) is 2.38. The second kappa shape index (κ2) is 12.9. The number of nitrogens with zero attached hydrogens (tertiary/aromatic N) is 5. The zero-order chi connectivity index (χ0) is 30.4. The highest BCUT2D eigenvalue weighted by Gasteiger charge is 2.33. The number of carbonyl (C=O) groups is 2. The number of esters is 1. The molecule has 0 aliphatic rings. The third-order valence-electron chi connectivity index (χ3n) is 6.01. The third kappa shape index (κ3) is 6.98. The molecule has 0 N–H and O–H groups in total. The highest BCUT2D eigenvalue weighted by Crippen LogP contribution is 2.43. The maximum Gasteiger partial charge on any atom is 0.415 e. The van der Waals surface area contributed by atoms with Gasteiger partial charge in [0.05, 0.1) is 42.4 Å². The molecule has 0 fully saturated rings. The van der Waals surface area contributed by atoms with Crippen molar-refractivity contribution in [2.45, 2.75) is 46.4 Å². The number of hydrogen-bond donors (Lipinski definition) is 0. The lowest BCUT2D eigenvalue weighted by atomic mass is 10.0. The summed E-state index contributed by atoms with van der Waals surface area (Å²) in [6.07, 6.45) is 2.58. The fourth-order valence-electron chi connectivity index (χ4n) is 4.15. The van der Waals surface area contributed by atoms with Crippen LogP contribution in [0.2, 0.25) is 5.02 Å². The molecule has 0 spiro atoms. The predicted octanol–water partition coefficient (Wildman–Crippen LogP) is 7.18. The number of carbonyl (C=O) groups excluding carboxylic acids is 2. The average molecular weight is 602 g/mol. The van der Waals surface area contributed by atoms with Gasteiger partial charge in [-0.25, -0.2) is 14.6 Å². The van der Waals surface area contributed by atoms with Gasteiger partial charge < -0.3 is 14.0 Å². The summed E-state index contributed by atoms with van der Waals surface area (Å²) in [7, 11) is 0. The highest BCUT2D eigenvalue weighted by molar-refractivity contribution is 7.19. The van der Waals surface area contributed by atoms with Crippen LogP contribution in [0.5, 0.6) is 0 Å². The topological polar surface area (TPSA) is 121 Å². The number of thiophene rings is 1. The van der Waals surface area contributed by atoms with E-state index in [1.165, 1.54) is 4.90 Å². The number of rotatable bonds is 8. The van der Waals surface area contributed by atoms with E-state index in [0.717, 1.165) is 16.9 Å². The predicted molar refractivity (Wildman–Crippen MR) is 160 cm³/mol. The number of amides is 1. The zero-order valence-electron chi connectivity index (χ0n) is 23.6. The van der Waals surface area contributed by atoms with E-state index >= 15 is 0 Å². The van der Waals surface area contributed by atoms with E-state index in [1.807, 2.05) is 16.7 Å². The summed E-state index contributed by atoms with van der Waals surface area (Å²) in [6, 6.07) is 18.2. The summed E-state index contributed by atoms with van der Waals surface area (Å²) >= 11 is 7.10. The van der Waals surface area contributed by atoms with Crippen LogP contribution in [-0.2, 0) is 22.6 Å².